The first-order chi connectivity index (χ1) is 15.1. The minimum absolute atomic E-state index is 0.0949. The highest BCUT2D eigenvalue weighted by Gasteiger charge is 2.51. The molecule has 9 nitrogen and oxygen atoms in total. The number of nitrogens with zero attached hydrogens (tertiary/aromatic N) is 5. The lowest BCUT2D eigenvalue weighted by molar-refractivity contribution is -0.143. The Morgan fingerprint density at radius 2 is 1.77 bits per heavy atom. The van der Waals surface area contributed by atoms with Crippen LogP contribution in [0.15, 0.2) is 18.6 Å². The second-order valence-electron chi connectivity index (χ2n) is 9.26. The molecule has 1 N–H and O–H groups in total. The molecular formula is C22H31N5O4. The van der Waals surface area contributed by atoms with E-state index >= 15 is 0 Å². The van der Waals surface area contributed by atoms with Gasteiger partial charge in [0, 0.05) is 31.4 Å². The van der Waals surface area contributed by atoms with E-state index < -0.39 is 5.97 Å². The highest BCUT2D eigenvalue weighted by Crippen LogP contribution is 2.38. The van der Waals surface area contributed by atoms with Gasteiger partial charge < -0.3 is 14.7 Å². The van der Waals surface area contributed by atoms with Gasteiger partial charge in [-0.25, -0.2) is 14.8 Å². The molecule has 1 amide bonds. The monoisotopic (exact) mass is 429 g/mol. The van der Waals surface area contributed by atoms with Crippen molar-refractivity contribution in [3.63, 3.8) is 0 Å². The summed E-state index contributed by atoms with van der Waals surface area (Å²) in [5.41, 5.74) is 0. The minimum Gasteiger partial charge on any atom is -0.481 e. The summed E-state index contributed by atoms with van der Waals surface area (Å²) in [4.78, 5) is 39.2. The van der Waals surface area contributed by atoms with Crippen LogP contribution in [0.1, 0.15) is 44.9 Å². The summed E-state index contributed by atoms with van der Waals surface area (Å²) in [5, 5.41) is 9.29. The predicted octanol–water partition coefficient (Wildman–Crippen LogP) is 1.98. The van der Waals surface area contributed by atoms with E-state index in [1.54, 1.807) is 12.5 Å². The molecule has 0 bridgehead atoms. The molecule has 3 unspecified atom stereocenters. The lowest BCUT2D eigenvalue weighted by atomic mass is 9.84. The summed E-state index contributed by atoms with van der Waals surface area (Å²) < 4.78 is 5.98. The molecule has 1 aromatic rings. The second kappa shape index (κ2) is 8.61. The van der Waals surface area contributed by atoms with E-state index in [0.29, 0.717) is 12.8 Å². The third-order valence-corrected chi connectivity index (χ3v) is 7.66. The number of fused-ring (bicyclic) bond motifs is 1. The first-order valence-corrected chi connectivity index (χ1v) is 11.6. The van der Waals surface area contributed by atoms with Gasteiger partial charge in [0.05, 0.1) is 12.0 Å². The van der Waals surface area contributed by atoms with Gasteiger partial charge in [-0.1, -0.05) is 0 Å². The van der Waals surface area contributed by atoms with E-state index in [2.05, 4.69) is 19.8 Å². The van der Waals surface area contributed by atoms with Crippen molar-refractivity contribution in [1.82, 2.24) is 19.8 Å². The van der Waals surface area contributed by atoms with Gasteiger partial charge in [-0.05, 0) is 64.1 Å². The fourth-order valence-corrected chi connectivity index (χ4v) is 6.02. The molecule has 0 radical (unpaired) electrons. The Hall–Kier alpha value is -2.42. The number of rotatable bonds is 4. The Kier molecular flexibility index (Phi) is 5.69. The highest BCUT2D eigenvalue weighted by molar-refractivity contribution is 5.71. The largest absolute Gasteiger partial charge is 0.481 e. The van der Waals surface area contributed by atoms with E-state index in [9.17, 15) is 14.7 Å². The van der Waals surface area contributed by atoms with E-state index in [1.165, 1.54) is 0 Å². The number of carboxylic acids is 1. The van der Waals surface area contributed by atoms with Gasteiger partial charge in [0.25, 0.3) is 0 Å². The topological polar surface area (TPSA) is 99.1 Å². The molecule has 31 heavy (non-hydrogen) atoms. The molecule has 4 heterocycles. The van der Waals surface area contributed by atoms with Crippen molar-refractivity contribution in [3.05, 3.63) is 18.6 Å². The summed E-state index contributed by atoms with van der Waals surface area (Å²) >= 11 is 0. The highest BCUT2D eigenvalue weighted by atomic mass is 16.6. The van der Waals surface area contributed by atoms with Crippen LogP contribution in [-0.2, 0) is 9.53 Å². The zero-order valence-electron chi connectivity index (χ0n) is 17.8. The van der Waals surface area contributed by atoms with Gasteiger partial charge in [-0.15, -0.1) is 0 Å². The first-order valence-electron chi connectivity index (χ1n) is 11.6. The van der Waals surface area contributed by atoms with Crippen LogP contribution in [0.3, 0.4) is 0 Å². The Morgan fingerprint density at radius 3 is 2.45 bits per heavy atom. The number of carbonyl (C=O) groups is 2. The van der Waals surface area contributed by atoms with Crippen LogP contribution in [0.4, 0.5) is 10.6 Å². The molecule has 3 saturated heterocycles. The number of likely N-dealkylation sites (tertiary alicyclic amines) is 1. The Balaban J connectivity index is 1.22. The Bertz CT molecular complexity index is 792. The molecule has 3 atom stereocenters. The van der Waals surface area contributed by atoms with Gasteiger partial charge in [-0.2, -0.15) is 0 Å². The van der Waals surface area contributed by atoms with Crippen LogP contribution in [0, 0.1) is 5.92 Å². The number of amides is 1. The van der Waals surface area contributed by atoms with Crippen LogP contribution in [0.5, 0.6) is 0 Å². The van der Waals surface area contributed by atoms with Crippen molar-refractivity contribution in [3.8, 4) is 0 Å². The SMILES string of the molecule is O=C(O)C1CCN(C2CCCC3C2OC(=O)N3C2CCN(c3ccncn3)CC2)CC1. The zero-order chi connectivity index (χ0) is 21.4. The molecule has 4 fully saturated rings. The normalized spacial score (nSPS) is 30.8. The molecule has 1 aromatic heterocycles. The summed E-state index contributed by atoms with van der Waals surface area (Å²) in [6.45, 7) is 3.30. The van der Waals surface area contributed by atoms with Crippen LogP contribution in [-0.4, -0.2) is 87.3 Å². The summed E-state index contributed by atoms with van der Waals surface area (Å²) in [5.74, 6) is 0.0177. The maximum absolute atomic E-state index is 12.9. The first kappa shape index (κ1) is 20.5. The van der Waals surface area contributed by atoms with Crippen LogP contribution in [0.25, 0.3) is 0 Å². The van der Waals surface area contributed by atoms with Crippen molar-refractivity contribution in [2.24, 2.45) is 5.92 Å². The quantitative estimate of drug-likeness (QED) is 0.776. The van der Waals surface area contributed by atoms with Crippen molar-refractivity contribution in [2.75, 3.05) is 31.1 Å². The van der Waals surface area contributed by atoms with Crippen molar-refractivity contribution in [2.45, 2.75) is 69.2 Å². The Labute approximate surface area is 182 Å². The third-order valence-electron chi connectivity index (χ3n) is 7.66. The van der Waals surface area contributed by atoms with Crippen LogP contribution in [0.2, 0.25) is 0 Å². The van der Waals surface area contributed by atoms with E-state index in [4.69, 9.17) is 4.74 Å². The van der Waals surface area contributed by atoms with E-state index in [0.717, 1.165) is 64.1 Å². The third kappa shape index (κ3) is 3.95. The average molecular weight is 430 g/mol. The van der Waals surface area contributed by atoms with E-state index in [1.807, 2.05) is 11.0 Å². The maximum atomic E-state index is 12.9. The lowest BCUT2D eigenvalue weighted by Crippen LogP contribution is -2.56. The summed E-state index contributed by atoms with van der Waals surface area (Å²) in [7, 11) is 0. The van der Waals surface area contributed by atoms with Gasteiger partial charge >= 0.3 is 12.1 Å². The molecule has 0 aromatic carbocycles. The van der Waals surface area contributed by atoms with Gasteiger partial charge in [0.1, 0.15) is 18.2 Å². The number of hydrogen-bond acceptors (Lipinski definition) is 7. The number of carbonyl (C=O) groups excluding carboxylic acids is 1. The molecule has 0 spiro atoms. The summed E-state index contributed by atoms with van der Waals surface area (Å²) in [6, 6.07) is 2.49. The van der Waals surface area contributed by atoms with Crippen molar-refractivity contribution in [1.29, 1.82) is 0 Å². The van der Waals surface area contributed by atoms with Gasteiger partial charge in [0.15, 0.2) is 0 Å². The second-order valence-corrected chi connectivity index (χ2v) is 9.26. The smallest absolute Gasteiger partial charge is 0.410 e. The maximum Gasteiger partial charge on any atom is 0.410 e. The van der Waals surface area contributed by atoms with Crippen molar-refractivity contribution < 1.29 is 19.4 Å². The molecule has 168 valence electrons. The fourth-order valence-electron chi connectivity index (χ4n) is 6.02. The van der Waals surface area contributed by atoms with E-state index in [-0.39, 0.29) is 36.2 Å². The lowest BCUT2D eigenvalue weighted by Gasteiger charge is -2.44. The van der Waals surface area contributed by atoms with Crippen LogP contribution < -0.4 is 4.90 Å². The Morgan fingerprint density at radius 1 is 1.03 bits per heavy atom. The molecule has 5 rings (SSSR count). The molecule has 1 aliphatic carbocycles. The molecule has 1 saturated carbocycles. The standard InChI is InChI=1S/C22H31N5O4/c28-21(29)15-5-10-25(11-6-15)17-2-1-3-18-20(17)31-22(30)27(18)16-7-12-26(13-8-16)19-4-9-23-14-24-19/h4,9,14-18,20H,1-3,5-8,10-13H2,(H,28,29). The molecule has 4 aliphatic rings. The predicted molar refractivity (Wildman–Crippen MR) is 113 cm³/mol. The van der Waals surface area contributed by atoms with Crippen molar-refractivity contribution >= 4 is 17.9 Å². The minimum atomic E-state index is -0.687. The molecule has 9 heteroatoms. The number of anilines is 1. The molecular weight excluding hydrogens is 398 g/mol. The zero-order valence-corrected chi connectivity index (χ0v) is 17.8. The van der Waals surface area contributed by atoms with Gasteiger partial charge in [-0.3, -0.25) is 14.6 Å². The number of carboxylic acid groups (broad SMARTS) is 1. The number of aliphatic carboxylic acids is 1. The molecule has 3 aliphatic heterocycles. The average Bonchev–Trinajstić information content (AvgIpc) is 3.15. The number of hydrogen-bond donors (Lipinski definition) is 1. The summed E-state index contributed by atoms with van der Waals surface area (Å²) in [6.07, 6.45) is 9.36. The van der Waals surface area contributed by atoms with Crippen LogP contribution >= 0.6 is 0 Å². The van der Waals surface area contributed by atoms with Gasteiger partial charge in [0.2, 0.25) is 0 Å². The fraction of sp³-hybridized carbons (Fsp3) is 0.727. The number of ether oxygens (including phenoxy) is 1. The number of aromatic nitrogens is 2. The number of piperidine rings is 2.